The van der Waals surface area contributed by atoms with Gasteiger partial charge in [-0.2, -0.15) is 0 Å². The summed E-state index contributed by atoms with van der Waals surface area (Å²) in [5.74, 6) is 1.27. The second-order valence-corrected chi connectivity index (χ2v) is 6.66. The fourth-order valence-electron chi connectivity index (χ4n) is 3.24. The molecule has 9 nitrogen and oxygen atoms in total. The van der Waals surface area contributed by atoms with Crippen molar-refractivity contribution in [2.45, 2.75) is 12.5 Å². The Morgan fingerprint density at radius 3 is 2.54 bits per heavy atom. The number of rotatable bonds is 8. The van der Waals surface area contributed by atoms with E-state index < -0.39 is 0 Å². The zero-order valence-electron chi connectivity index (χ0n) is 16.3. The molecule has 1 aromatic rings. The maximum absolute atomic E-state index is 12.6. The lowest BCUT2D eigenvalue weighted by Gasteiger charge is -2.25. The van der Waals surface area contributed by atoms with Gasteiger partial charge in [-0.25, -0.2) is 4.79 Å². The zero-order valence-corrected chi connectivity index (χ0v) is 16.3. The SMILES string of the molecule is COCCN(CCOC)C(=O)NC1CC(=O)N(c2ccc3c(c2)OCCO3)C1. The van der Waals surface area contributed by atoms with Crippen molar-refractivity contribution < 1.29 is 28.5 Å². The summed E-state index contributed by atoms with van der Waals surface area (Å²) >= 11 is 0. The first-order chi connectivity index (χ1) is 13.6. The number of benzene rings is 1. The van der Waals surface area contributed by atoms with E-state index in [-0.39, 0.29) is 24.4 Å². The summed E-state index contributed by atoms with van der Waals surface area (Å²) in [5.41, 5.74) is 0.738. The second kappa shape index (κ2) is 9.61. The van der Waals surface area contributed by atoms with E-state index >= 15 is 0 Å². The van der Waals surface area contributed by atoms with Crippen molar-refractivity contribution in [3.63, 3.8) is 0 Å². The van der Waals surface area contributed by atoms with Crippen molar-refractivity contribution in [2.24, 2.45) is 0 Å². The number of nitrogens with zero attached hydrogens (tertiary/aromatic N) is 2. The number of carbonyl (C=O) groups excluding carboxylic acids is 2. The summed E-state index contributed by atoms with van der Waals surface area (Å²) in [5, 5.41) is 2.95. The average molecular weight is 393 g/mol. The highest BCUT2D eigenvalue weighted by Gasteiger charge is 2.33. The van der Waals surface area contributed by atoms with Crippen molar-refractivity contribution in [3.8, 4) is 11.5 Å². The minimum Gasteiger partial charge on any atom is -0.486 e. The van der Waals surface area contributed by atoms with E-state index in [0.29, 0.717) is 57.6 Å². The fourth-order valence-corrected chi connectivity index (χ4v) is 3.24. The first-order valence-corrected chi connectivity index (χ1v) is 9.35. The monoisotopic (exact) mass is 393 g/mol. The summed E-state index contributed by atoms with van der Waals surface area (Å²) in [6.45, 7) is 3.20. The average Bonchev–Trinajstić information content (AvgIpc) is 3.07. The number of ether oxygens (including phenoxy) is 4. The molecule has 1 atom stereocenters. The van der Waals surface area contributed by atoms with E-state index in [4.69, 9.17) is 18.9 Å². The number of urea groups is 1. The minimum absolute atomic E-state index is 0.0395. The predicted molar refractivity (Wildman–Crippen MR) is 102 cm³/mol. The Morgan fingerprint density at radius 1 is 1.18 bits per heavy atom. The standard InChI is InChI=1S/C19H27N3O6/c1-25-7-5-21(6-8-26-2)19(24)20-14-11-18(23)22(13-14)15-3-4-16-17(12-15)28-10-9-27-16/h3-4,12,14H,5-11,13H2,1-2H3,(H,20,24). The molecular formula is C19H27N3O6. The molecule has 1 N–H and O–H groups in total. The van der Waals surface area contributed by atoms with Crippen LogP contribution in [0.25, 0.3) is 0 Å². The van der Waals surface area contributed by atoms with Gasteiger partial charge < -0.3 is 34.1 Å². The molecule has 1 fully saturated rings. The molecule has 1 unspecified atom stereocenters. The molecule has 0 bridgehead atoms. The van der Waals surface area contributed by atoms with Crippen LogP contribution in [0.4, 0.5) is 10.5 Å². The van der Waals surface area contributed by atoms with Gasteiger partial charge in [0.2, 0.25) is 5.91 Å². The first-order valence-electron chi connectivity index (χ1n) is 9.35. The number of hydrogen-bond donors (Lipinski definition) is 1. The van der Waals surface area contributed by atoms with Gasteiger partial charge in [0.15, 0.2) is 11.5 Å². The summed E-state index contributed by atoms with van der Waals surface area (Å²) < 4.78 is 21.2. The molecular weight excluding hydrogens is 366 g/mol. The maximum atomic E-state index is 12.6. The van der Waals surface area contributed by atoms with Crippen LogP contribution in [-0.2, 0) is 14.3 Å². The van der Waals surface area contributed by atoms with Gasteiger partial charge in [-0.1, -0.05) is 0 Å². The van der Waals surface area contributed by atoms with Gasteiger partial charge in [-0.3, -0.25) is 4.79 Å². The molecule has 3 amide bonds. The number of methoxy groups -OCH3 is 2. The largest absolute Gasteiger partial charge is 0.486 e. The highest BCUT2D eigenvalue weighted by atomic mass is 16.6. The quantitative estimate of drug-likeness (QED) is 0.705. The lowest BCUT2D eigenvalue weighted by Crippen LogP contribution is -2.47. The number of hydrogen-bond acceptors (Lipinski definition) is 6. The van der Waals surface area contributed by atoms with Crippen LogP contribution in [0, 0.1) is 0 Å². The summed E-state index contributed by atoms with van der Waals surface area (Å²) in [6.07, 6.45) is 0.253. The Balaban J connectivity index is 1.61. The van der Waals surface area contributed by atoms with Crippen LogP contribution in [0.3, 0.4) is 0 Å². The van der Waals surface area contributed by atoms with E-state index in [0.717, 1.165) is 5.69 Å². The third-order valence-corrected chi connectivity index (χ3v) is 4.71. The van der Waals surface area contributed by atoms with Crippen LogP contribution in [0.5, 0.6) is 11.5 Å². The molecule has 0 aliphatic carbocycles. The number of anilines is 1. The summed E-state index contributed by atoms with van der Waals surface area (Å²) in [4.78, 5) is 28.4. The molecule has 0 aromatic heterocycles. The molecule has 3 rings (SSSR count). The Labute approximate surface area is 164 Å². The molecule has 2 heterocycles. The van der Waals surface area contributed by atoms with Crippen molar-refractivity contribution in [1.29, 1.82) is 0 Å². The lowest BCUT2D eigenvalue weighted by atomic mass is 10.2. The number of carbonyl (C=O) groups is 2. The molecule has 0 spiro atoms. The predicted octanol–water partition coefficient (Wildman–Crippen LogP) is 0.868. The van der Waals surface area contributed by atoms with Crippen LogP contribution in [0.2, 0.25) is 0 Å². The van der Waals surface area contributed by atoms with Crippen LogP contribution in [0.1, 0.15) is 6.42 Å². The molecule has 2 aliphatic rings. The molecule has 1 aromatic carbocycles. The molecule has 9 heteroatoms. The summed E-state index contributed by atoms with van der Waals surface area (Å²) in [7, 11) is 3.18. The highest BCUT2D eigenvalue weighted by Crippen LogP contribution is 2.35. The Hall–Kier alpha value is -2.52. The van der Waals surface area contributed by atoms with E-state index in [1.54, 1.807) is 36.2 Å². The third-order valence-electron chi connectivity index (χ3n) is 4.71. The summed E-state index contributed by atoms with van der Waals surface area (Å²) in [6, 6.07) is 4.95. The number of nitrogens with one attached hydrogen (secondary N) is 1. The van der Waals surface area contributed by atoms with E-state index in [2.05, 4.69) is 5.32 Å². The van der Waals surface area contributed by atoms with Crippen molar-refractivity contribution in [2.75, 3.05) is 65.2 Å². The molecule has 0 radical (unpaired) electrons. The van der Waals surface area contributed by atoms with Crippen molar-refractivity contribution in [1.82, 2.24) is 10.2 Å². The van der Waals surface area contributed by atoms with E-state index in [1.165, 1.54) is 0 Å². The Kier molecular flexibility index (Phi) is 6.94. The molecule has 28 heavy (non-hydrogen) atoms. The first kappa shape index (κ1) is 20.2. The molecule has 2 aliphatic heterocycles. The smallest absolute Gasteiger partial charge is 0.317 e. The normalized spacial score (nSPS) is 18.3. The van der Waals surface area contributed by atoms with Gasteiger partial charge in [0.25, 0.3) is 0 Å². The van der Waals surface area contributed by atoms with Gasteiger partial charge in [-0.15, -0.1) is 0 Å². The lowest BCUT2D eigenvalue weighted by molar-refractivity contribution is -0.117. The van der Waals surface area contributed by atoms with Crippen LogP contribution >= 0.6 is 0 Å². The maximum Gasteiger partial charge on any atom is 0.317 e. The second-order valence-electron chi connectivity index (χ2n) is 6.66. The van der Waals surface area contributed by atoms with Gasteiger partial charge in [-0.05, 0) is 12.1 Å². The molecule has 1 saturated heterocycles. The molecule has 0 saturated carbocycles. The minimum atomic E-state index is -0.263. The number of fused-ring (bicyclic) bond motifs is 1. The fraction of sp³-hybridized carbons (Fsp3) is 0.579. The van der Waals surface area contributed by atoms with E-state index in [9.17, 15) is 9.59 Å². The Morgan fingerprint density at radius 2 is 1.86 bits per heavy atom. The van der Waals surface area contributed by atoms with Gasteiger partial charge in [0.05, 0.1) is 19.3 Å². The van der Waals surface area contributed by atoms with Crippen LogP contribution in [-0.4, -0.2) is 83.2 Å². The number of amides is 3. The van der Waals surface area contributed by atoms with Gasteiger partial charge in [0.1, 0.15) is 13.2 Å². The molecule has 154 valence electrons. The topological polar surface area (TPSA) is 89.6 Å². The van der Waals surface area contributed by atoms with Gasteiger partial charge in [0, 0.05) is 52.0 Å². The highest BCUT2D eigenvalue weighted by molar-refractivity contribution is 5.97. The van der Waals surface area contributed by atoms with E-state index in [1.807, 2.05) is 6.07 Å². The van der Waals surface area contributed by atoms with Gasteiger partial charge >= 0.3 is 6.03 Å². The van der Waals surface area contributed by atoms with Crippen molar-refractivity contribution in [3.05, 3.63) is 18.2 Å². The Bertz CT molecular complexity index is 690. The van der Waals surface area contributed by atoms with Crippen molar-refractivity contribution >= 4 is 17.6 Å². The van der Waals surface area contributed by atoms with Crippen LogP contribution < -0.4 is 19.7 Å². The zero-order chi connectivity index (χ0) is 19.9. The third kappa shape index (κ3) is 4.85. The van der Waals surface area contributed by atoms with Crippen LogP contribution in [0.15, 0.2) is 18.2 Å².